The van der Waals surface area contributed by atoms with E-state index in [0.29, 0.717) is 3.63 Å². The van der Waals surface area contributed by atoms with Crippen molar-refractivity contribution in [2.45, 2.75) is 17.0 Å². The Labute approximate surface area is 164 Å². The van der Waals surface area contributed by atoms with Crippen LogP contribution in [-0.4, -0.2) is 0 Å². The summed E-state index contributed by atoms with van der Waals surface area (Å²) in [5.41, 5.74) is 5.95. The van der Waals surface area contributed by atoms with Crippen LogP contribution in [0.2, 0.25) is 0 Å². The molecule has 0 aliphatic heterocycles. The maximum Gasteiger partial charge on any atom is -1.00 e. The zero-order valence-electron chi connectivity index (χ0n) is 13.6. The summed E-state index contributed by atoms with van der Waals surface area (Å²) in [5, 5.41) is 0. The second kappa shape index (κ2) is 8.00. The van der Waals surface area contributed by atoms with Crippen LogP contribution in [0.15, 0.2) is 79.9 Å². The third-order valence-electron chi connectivity index (χ3n) is 4.70. The van der Waals surface area contributed by atoms with E-state index in [9.17, 15) is 0 Å². The number of halogens is 2. The van der Waals surface area contributed by atoms with Crippen LogP contribution in [-0.2, 0) is 21.8 Å². The molecular formula is C21H19Cl2Zr. The molecule has 0 fully saturated rings. The summed E-state index contributed by atoms with van der Waals surface area (Å²) in [6.07, 6.45) is 8.03. The van der Waals surface area contributed by atoms with Gasteiger partial charge in [-0.1, -0.05) is 0 Å². The minimum Gasteiger partial charge on any atom is -1.00 e. The van der Waals surface area contributed by atoms with Gasteiger partial charge in [-0.05, 0) is 0 Å². The zero-order valence-corrected chi connectivity index (χ0v) is 17.6. The summed E-state index contributed by atoms with van der Waals surface area (Å²) in [4.78, 5) is 0. The topological polar surface area (TPSA) is 0 Å². The van der Waals surface area contributed by atoms with Crippen molar-refractivity contribution in [3.63, 3.8) is 0 Å². The van der Waals surface area contributed by atoms with Crippen LogP contribution >= 0.6 is 0 Å². The molecule has 0 unspecified atom stereocenters. The van der Waals surface area contributed by atoms with Gasteiger partial charge in [0.2, 0.25) is 0 Å². The van der Waals surface area contributed by atoms with Crippen LogP contribution in [0.5, 0.6) is 0 Å². The van der Waals surface area contributed by atoms with Crippen molar-refractivity contribution >= 4 is 0 Å². The second-order valence-corrected chi connectivity index (χ2v) is 13.3. The predicted molar refractivity (Wildman–Crippen MR) is 90.4 cm³/mol. The molecular weight excluding hydrogens is 414 g/mol. The van der Waals surface area contributed by atoms with E-state index in [4.69, 9.17) is 0 Å². The molecule has 3 heteroatoms. The smallest absolute Gasteiger partial charge is 1.00 e. The Bertz CT molecular complexity index is 775. The molecule has 2 aromatic rings. The molecule has 0 nitrogen and oxygen atoms in total. The Balaban J connectivity index is 0.00000104. The van der Waals surface area contributed by atoms with Crippen molar-refractivity contribution in [3.8, 4) is 11.1 Å². The monoisotopic (exact) mass is 431 g/mol. The third kappa shape index (κ3) is 3.15. The van der Waals surface area contributed by atoms with Crippen LogP contribution in [0, 0.1) is 0 Å². The summed E-state index contributed by atoms with van der Waals surface area (Å²) >= 11 is -1.98. The molecule has 0 heterocycles. The van der Waals surface area contributed by atoms with Gasteiger partial charge in [-0.15, -0.1) is 0 Å². The van der Waals surface area contributed by atoms with Gasteiger partial charge < -0.3 is 24.8 Å². The van der Waals surface area contributed by atoms with Crippen LogP contribution in [0.1, 0.15) is 28.1 Å². The van der Waals surface area contributed by atoms with E-state index in [0.717, 1.165) is 6.42 Å². The normalized spacial score (nSPS) is 14.1. The average Bonchev–Trinajstić information content (AvgIpc) is 3.16. The number of benzene rings is 2. The summed E-state index contributed by atoms with van der Waals surface area (Å²) in [5.74, 6) is 0. The van der Waals surface area contributed by atoms with Crippen LogP contribution in [0.4, 0.5) is 0 Å². The molecule has 0 spiro atoms. The molecule has 0 bridgehead atoms. The molecule has 0 radical (unpaired) electrons. The summed E-state index contributed by atoms with van der Waals surface area (Å²) in [7, 11) is 0. The quantitative estimate of drug-likeness (QED) is 0.627. The first-order valence-electron chi connectivity index (χ1n) is 7.84. The Morgan fingerprint density at radius 1 is 0.958 bits per heavy atom. The third-order valence-corrected chi connectivity index (χ3v) is 12.5. The largest absolute Gasteiger partial charge is 1.00 e. The Morgan fingerprint density at radius 2 is 1.50 bits per heavy atom. The second-order valence-electron chi connectivity index (χ2n) is 6.13. The van der Waals surface area contributed by atoms with Crippen LogP contribution < -0.4 is 24.8 Å². The molecule has 0 saturated carbocycles. The fourth-order valence-corrected chi connectivity index (χ4v) is 11.6. The number of allylic oxidation sites excluding steroid dienone is 5. The summed E-state index contributed by atoms with van der Waals surface area (Å²) < 4.78 is 3.73. The van der Waals surface area contributed by atoms with Gasteiger partial charge in [-0.3, -0.25) is 0 Å². The SMILES string of the molecule is C=[C](C)[Zr+2]([C]1=CC=CC1)[CH]1c2ccccc2-c2ccccc21.[Cl-].[Cl-]. The molecule has 4 rings (SSSR count). The number of rotatable bonds is 3. The van der Waals surface area contributed by atoms with Crippen molar-refractivity contribution < 1.29 is 46.6 Å². The van der Waals surface area contributed by atoms with E-state index in [-0.39, 0.29) is 24.8 Å². The molecule has 24 heavy (non-hydrogen) atoms. The van der Waals surface area contributed by atoms with E-state index < -0.39 is 21.8 Å². The Hall–Kier alpha value is -0.877. The van der Waals surface area contributed by atoms with Crippen molar-refractivity contribution in [1.29, 1.82) is 0 Å². The summed E-state index contributed by atoms with van der Waals surface area (Å²) in [6, 6.07) is 18.0. The minimum atomic E-state index is -1.98. The number of hydrogen-bond donors (Lipinski definition) is 0. The molecule has 0 aromatic heterocycles. The van der Waals surface area contributed by atoms with Crippen molar-refractivity contribution in [1.82, 2.24) is 0 Å². The molecule has 0 N–H and O–H groups in total. The Morgan fingerprint density at radius 3 is 1.96 bits per heavy atom. The van der Waals surface area contributed by atoms with Gasteiger partial charge >= 0.3 is 141 Å². The van der Waals surface area contributed by atoms with E-state index >= 15 is 0 Å². The van der Waals surface area contributed by atoms with Crippen LogP contribution in [0.3, 0.4) is 0 Å². The first-order chi connectivity index (χ1) is 10.8. The molecule has 2 aliphatic carbocycles. The molecule has 0 atom stereocenters. The van der Waals surface area contributed by atoms with Gasteiger partial charge in [0.15, 0.2) is 0 Å². The fourth-order valence-electron chi connectivity index (χ4n) is 3.82. The van der Waals surface area contributed by atoms with E-state index in [1.807, 2.05) is 0 Å². The van der Waals surface area contributed by atoms with Gasteiger partial charge in [-0.25, -0.2) is 0 Å². The van der Waals surface area contributed by atoms with E-state index in [1.54, 1.807) is 3.28 Å². The number of hydrogen-bond acceptors (Lipinski definition) is 0. The zero-order chi connectivity index (χ0) is 15.1. The van der Waals surface area contributed by atoms with Gasteiger partial charge in [0.25, 0.3) is 0 Å². The van der Waals surface area contributed by atoms with Crippen molar-refractivity contribution in [3.05, 3.63) is 91.0 Å². The minimum absolute atomic E-state index is 0. The van der Waals surface area contributed by atoms with Crippen molar-refractivity contribution in [2.24, 2.45) is 0 Å². The molecule has 2 aliphatic rings. The predicted octanol–water partition coefficient (Wildman–Crippen LogP) is -0.240. The summed E-state index contributed by atoms with van der Waals surface area (Å²) in [6.45, 7) is 6.67. The first kappa shape index (κ1) is 19.4. The van der Waals surface area contributed by atoms with Gasteiger partial charge in [0, 0.05) is 0 Å². The maximum atomic E-state index is 4.41. The standard InChI is InChI=1S/C13H9.C5H5.C3H5.2ClH.Zr/c1-3-7-12-10(5-1)9-11-6-2-4-8-13(11)12;1-2-4-5-3-1;1-3-2;;;/h1-9H;1-3H,4H2;1H2,2H3;2*1H;/q;;;;;+2/p-2. The maximum absolute atomic E-state index is 4.41. The Kier molecular flexibility index (Phi) is 6.48. The van der Waals surface area contributed by atoms with Gasteiger partial charge in [0.1, 0.15) is 0 Å². The van der Waals surface area contributed by atoms with E-state index in [1.165, 1.54) is 25.5 Å². The molecule has 121 valence electrons. The van der Waals surface area contributed by atoms with Gasteiger partial charge in [0.05, 0.1) is 0 Å². The van der Waals surface area contributed by atoms with Gasteiger partial charge in [-0.2, -0.15) is 0 Å². The van der Waals surface area contributed by atoms with Crippen LogP contribution in [0.25, 0.3) is 11.1 Å². The average molecular weight is 434 g/mol. The molecule has 0 saturated heterocycles. The fraction of sp³-hybridized carbons (Fsp3) is 0.143. The van der Waals surface area contributed by atoms with E-state index in [2.05, 4.69) is 80.3 Å². The molecule has 2 aromatic carbocycles. The van der Waals surface area contributed by atoms with Crippen molar-refractivity contribution in [2.75, 3.05) is 0 Å². The first-order valence-corrected chi connectivity index (χ1v) is 11.7. The number of fused-ring (bicyclic) bond motifs is 3. The molecule has 0 amide bonds.